The highest BCUT2D eigenvalue weighted by molar-refractivity contribution is 6.09. The number of ketones is 1. The van der Waals surface area contributed by atoms with Gasteiger partial charge in [0.2, 0.25) is 0 Å². The number of carbonyl (C=O) groups is 1. The monoisotopic (exact) mass is 252 g/mol. The molecular formula is C18H20O. The van der Waals surface area contributed by atoms with Gasteiger partial charge in [0.15, 0.2) is 5.78 Å². The molecule has 0 fully saturated rings. The molecular weight excluding hydrogens is 232 g/mol. The van der Waals surface area contributed by atoms with Crippen molar-refractivity contribution in [3.8, 4) is 0 Å². The molecule has 0 spiro atoms. The van der Waals surface area contributed by atoms with Crippen LogP contribution in [0.2, 0.25) is 0 Å². The quantitative estimate of drug-likeness (QED) is 0.722. The van der Waals surface area contributed by atoms with E-state index in [4.69, 9.17) is 0 Å². The van der Waals surface area contributed by atoms with E-state index in [0.717, 1.165) is 11.1 Å². The molecule has 0 aromatic heterocycles. The van der Waals surface area contributed by atoms with Gasteiger partial charge in [-0.25, -0.2) is 0 Å². The minimum absolute atomic E-state index is 0.0957. The lowest BCUT2D eigenvalue weighted by molar-refractivity contribution is 0.103. The Morgan fingerprint density at radius 2 is 1.47 bits per heavy atom. The predicted molar refractivity (Wildman–Crippen MR) is 79.6 cm³/mol. The molecule has 0 aliphatic heterocycles. The van der Waals surface area contributed by atoms with Crippen molar-refractivity contribution in [3.63, 3.8) is 0 Å². The van der Waals surface area contributed by atoms with E-state index in [1.807, 2.05) is 48.5 Å². The van der Waals surface area contributed by atoms with E-state index < -0.39 is 0 Å². The lowest BCUT2D eigenvalue weighted by atomic mass is 9.88. The van der Waals surface area contributed by atoms with Crippen LogP contribution in [0.15, 0.2) is 54.6 Å². The minimum atomic E-state index is 0.0957. The molecule has 2 aromatic rings. The fourth-order valence-electron chi connectivity index (χ4n) is 2.10. The van der Waals surface area contributed by atoms with Crippen molar-refractivity contribution in [3.05, 3.63) is 71.3 Å². The number of hydrogen-bond acceptors (Lipinski definition) is 1. The zero-order valence-electron chi connectivity index (χ0n) is 11.8. The first-order valence-corrected chi connectivity index (χ1v) is 6.79. The maximum atomic E-state index is 12.4. The molecule has 0 aliphatic rings. The average molecular weight is 252 g/mol. The molecule has 2 rings (SSSR count). The molecule has 0 saturated heterocycles. The average Bonchev–Trinajstić information content (AvgIpc) is 2.46. The molecule has 0 saturated carbocycles. The van der Waals surface area contributed by atoms with Crippen LogP contribution in [-0.4, -0.2) is 5.78 Å². The summed E-state index contributed by atoms with van der Waals surface area (Å²) in [5.41, 5.74) is 2.75. The highest BCUT2D eigenvalue weighted by atomic mass is 16.1. The second-order valence-corrected chi connectivity index (χ2v) is 5.35. The summed E-state index contributed by atoms with van der Waals surface area (Å²) in [7, 11) is 0. The third-order valence-electron chi connectivity index (χ3n) is 3.71. The van der Waals surface area contributed by atoms with E-state index in [-0.39, 0.29) is 5.78 Å². The molecule has 0 aliphatic carbocycles. The normalized spacial score (nSPS) is 12.4. The Morgan fingerprint density at radius 1 is 0.842 bits per heavy atom. The van der Waals surface area contributed by atoms with Crippen molar-refractivity contribution in [2.24, 2.45) is 5.92 Å². The number of benzene rings is 2. The third-order valence-corrected chi connectivity index (χ3v) is 3.71. The Labute approximate surface area is 115 Å². The molecule has 0 heterocycles. The van der Waals surface area contributed by atoms with E-state index >= 15 is 0 Å². The third kappa shape index (κ3) is 3.11. The van der Waals surface area contributed by atoms with Crippen LogP contribution >= 0.6 is 0 Å². The summed E-state index contributed by atoms with van der Waals surface area (Å²) < 4.78 is 0. The van der Waals surface area contributed by atoms with Crippen LogP contribution in [0, 0.1) is 5.92 Å². The van der Waals surface area contributed by atoms with Gasteiger partial charge >= 0.3 is 0 Å². The molecule has 1 unspecified atom stereocenters. The van der Waals surface area contributed by atoms with Crippen molar-refractivity contribution < 1.29 is 4.79 Å². The number of carbonyl (C=O) groups excluding carboxylic acids is 1. The van der Waals surface area contributed by atoms with Gasteiger partial charge in [0, 0.05) is 11.1 Å². The Bertz CT molecular complexity index is 555. The van der Waals surface area contributed by atoms with Crippen molar-refractivity contribution in [1.29, 1.82) is 0 Å². The predicted octanol–water partition coefficient (Wildman–Crippen LogP) is 4.68. The van der Waals surface area contributed by atoms with Crippen LogP contribution in [-0.2, 0) is 0 Å². The molecule has 0 radical (unpaired) electrons. The zero-order valence-corrected chi connectivity index (χ0v) is 11.8. The Morgan fingerprint density at radius 3 is 2.11 bits per heavy atom. The minimum Gasteiger partial charge on any atom is -0.289 e. The summed E-state index contributed by atoms with van der Waals surface area (Å²) in [5.74, 6) is 1.13. The van der Waals surface area contributed by atoms with Gasteiger partial charge in [0.05, 0.1) is 0 Å². The SMILES string of the molecule is CC(C)C(C)c1cccc(C(=O)c2ccccc2)c1. The van der Waals surface area contributed by atoms with Crippen molar-refractivity contribution in [2.75, 3.05) is 0 Å². The van der Waals surface area contributed by atoms with E-state index in [2.05, 4.69) is 26.8 Å². The van der Waals surface area contributed by atoms with Gasteiger partial charge in [-0.2, -0.15) is 0 Å². The highest BCUT2D eigenvalue weighted by Crippen LogP contribution is 2.24. The van der Waals surface area contributed by atoms with Crippen LogP contribution in [0.5, 0.6) is 0 Å². The summed E-state index contributed by atoms with van der Waals surface area (Å²) in [6.45, 7) is 6.61. The first-order valence-electron chi connectivity index (χ1n) is 6.79. The van der Waals surface area contributed by atoms with Crippen LogP contribution in [0.3, 0.4) is 0 Å². The lowest BCUT2D eigenvalue weighted by Gasteiger charge is -2.16. The molecule has 1 atom stereocenters. The maximum absolute atomic E-state index is 12.4. The van der Waals surface area contributed by atoms with E-state index in [1.165, 1.54) is 5.56 Å². The van der Waals surface area contributed by atoms with E-state index in [0.29, 0.717) is 11.8 Å². The lowest BCUT2D eigenvalue weighted by Crippen LogP contribution is -2.05. The largest absolute Gasteiger partial charge is 0.289 e. The Hall–Kier alpha value is -1.89. The summed E-state index contributed by atoms with van der Waals surface area (Å²) >= 11 is 0. The number of rotatable bonds is 4. The fraction of sp³-hybridized carbons (Fsp3) is 0.278. The smallest absolute Gasteiger partial charge is 0.193 e. The molecule has 0 bridgehead atoms. The number of hydrogen-bond donors (Lipinski definition) is 0. The van der Waals surface area contributed by atoms with Crippen LogP contribution in [0.1, 0.15) is 48.2 Å². The van der Waals surface area contributed by atoms with Crippen molar-refractivity contribution >= 4 is 5.78 Å². The van der Waals surface area contributed by atoms with Crippen LogP contribution in [0.4, 0.5) is 0 Å². The van der Waals surface area contributed by atoms with Crippen molar-refractivity contribution in [1.82, 2.24) is 0 Å². The Balaban J connectivity index is 2.31. The second-order valence-electron chi connectivity index (χ2n) is 5.35. The Kier molecular flexibility index (Phi) is 4.16. The highest BCUT2D eigenvalue weighted by Gasteiger charge is 2.13. The van der Waals surface area contributed by atoms with Gasteiger partial charge < -0.3 is 0 Å². The standard InChI is InChI=1S/C18H20O/c1-13(2)14(3)16-10-7-11-17(12-16)18(19)15-8-5-4-6-9-15/h4-14H,1-3H3. The second kappa shape index (κ2) is 5.83. The van der Waals surface area contributed by atoms with Crippen molar-refractivity contribution in [2.45, 2.75) is 26.7 Å². The van der Waals surface area contributed by atoms with Gasteiger partial charge in [-0.15, -0.1) is 0 Å². The summed E-state index contributed by atoms with van der Waals surface area (Å²) in [6.07, 6.45) is 0. The first kappa shape index (κ1) is 13.5. The topological polar surface area (TPSA) is 17.1 Å². The molecule has 2 aromatic carbocycles. The van der Waals surface area contributed by atoms with E-state index in [9.17, 15) is 4.79 Å². The summed E-state index contributed by atoms with van der Waals surface area (Å²) in [4.78, 5) is 12.4. The molecule has 98 valence electrons. The van der Waals surface area contributed by atoms with Gasteiger partial charge in [-0.3, -0.25) is 4.79 Å². The molecule has 1 nitrogen and oxygen atoms in total. The molecule has 19 heavy (non-hydrogen) atoms. The molecule has 0 amide bonds. The first-order chi connectivity index (χ1) is 9.09. The van der Waals surface area contributed by atoms with Crippen LogP contribution < -0.4 is 0 Å². The fourth-order valence-corrected chi connectivity index (χ4v) is 2.10. The van der Waals surface area contributed by atoms with Crippen LogP contribution in [0.25, 0.3) is 0 Å². The van der Waals surface area contributed by atoms with Gasteiger partial charge in [-0.1, -0.05) is 69.3 Å². The van der Waals surface area contributed by atoms with Gasteiger partial charge in [-0.05, 0) is 23.5 Å². The maximum Gasteiger partial charge on any atom is 0.193 e. The van der Waals surface area contributed by atoms with Gasteiger partial charge in [0.25, 0.3) is 0 Å². The van der Waals surface area contributed by atoms with E-state index in [1.54, 1.807) is 0 Å². The summed E-state index contributed by atoms with van der Waals surface area (Å²) in [6, 6.07) is 17.4. The molecule has 0 N–H and O–H groups in total. The summed E-state index contributed by atoms with van der Waals surface area (Å²) in [5, 5.41) is 0. The van der Waals surface area contributed by atoms with Gasteiger partial charge in [0.1, 0.15) is 0 Å². The zero-order chi connectivity index (χ0) is 13.8. The molecule has 1 heteroatoms.